The van der Waals surface area contributed by atoms with Crippen LogP contribution in [0.25, 0.3) is 0 Å². The van der Waals surface area contributed by atoms with E-state index in [1.165, 1.54) is 5.56 Å². The maximum absolute atomic E-state index is 9.13. The van der Waals surface area contributed by atoms with E-state index in [1.807, 2.05) is 18.2 Å². The number of aliphatic hydroxyl groups excluding tert-OH is 1. The molecule has 17 heavy (non-hydrogen) atoms. The van der Waals surface area contributed by atoms with Crippen LogP contribution >= 0.6 is 11.6 Å². The maximum Gasteiger partial charge on any atom is 0.0933 e. The van der Waals surface area contributed by atoms with Crippen LogP contribution in [-0.4, -0.2) is 41.9 Å². The van der Waals surface area contributed by atoms with Gasteiger partial charge >= 0.3 is 0 Å². The molecule has 0 bridgehead atoms. The summed E-state index contributed by atoms with van der Waals surface area (Å²) in [6.07, 6.45) is -0.0645. The summed E-state index contributed by atoms with van der Waals surface area (Å²) in [5.41, 5.74) is 1.20. The van der Waals surface area contributed by atoms with Gasteiger partial charge in [0.05, 0.1) is 19.3 Å². The third-order valence-electron chi connectivity index (χ3n) is 3.11. The van der Waals surface area contributed by atoms with Crippen molar-refractivity contribution >= 4 is 11.6 Å². The Kier molecular flexibility index (Phi) is 4.40. The SMILES string of the molecule is CC1COC(CO)CN1Cc1cccc(Cl)c1. The molecule has 2 unspecified atom stereocenters. The predicted molar refractivity (Wildman–Crippen MR) is 68.1 cm³/mol. The van der Waals surface area contributed by atoms with Gasteiger partial charge in [0.25, 0.3) is 0 Å². The molecule has 1 heterocycles. The minimum atomic E-state index is -0.0645. The van der Waals surface area contributed by atoms with Crippen molar-refractivity contribution in [2.45, 2.75) is 25.6 Å². The van der Waals surface area contributed by atoms with E-state index in [0.29, 0.717) is 12.6 Å². The van der Waals surface area contributed by atoms with E-state index in [0.717, 1.165) is 18.1 Å². The zero-order valence-corrected chi connectivity index (χ0v) is 10.7. The second-order valence-corrected chi connectivity index (χ2v) is 4.98. The van der Waals surface area contributed by atoms with Crippen LogP contribution in [0.1, 0.15) is 12.5 Å². The smallest absolute Gasteiger partial charge is 0.0933 e. The molecular formula is C13H18ClNO2. The Labute approximate surface area is 107 Å². The lowest BCUT2D eigenvalue weighted by atomic mass is 10.1. The maximum atomic E-state index is 9.13. The zero-order valence-electron chi connectivity index (χ0n) is 9.97. The third kappa shape index (κ3) is 3.42. The van der Waals surface area contributed by atoms with E-state index in [2.05, 4.69) is 17.9 Å². The molecule has 0 saturated carbocycles. The Morgan fingerprint density at radius 3 is 3.06 bits per heavy atom. The molecular weight excluding hydrogens is 238 g/mol. The highest BCUT2D eigenvalue weighted by Gasteiger charge is 2.25. The summed E-state index contributed by atoms with van der Waals surface area (Å²) in [4.78, 5) is 2.32. The van der Waals surface area contributed by atoms with Crippen molar-refractivity contribution in [3.8, 4) is 0 Å². The molecule has 1 saturated heterocycles. The second-order valence-electron chi connectivity index (χ2n) is 4.55. The highest BCUT2D eigenvalue weighted by atomic mass is 35.5. The van der Waals surface area contributed by atoms with Gasteiger partial charge in [-0.25, -0.2) is 0 Å². The van der Waals surface area contributed by atoms with Gasteiger partial charge in [-0.05, 0) is 24.6 Å². The molecule has 2 rings (SSSR count). The van der Waals surface area contributed by atoms with Gasteiger partial charge in [-0.1, -0.05) is 23.7 Å². The first-order chi connectivity index (χ1) is 8.19. The number of hydrogen-bond donors (Lipinski definition) is 1. The molecule has 0 radical (unpaired) electrons. The Hall–Kier alpha value is -0.610. The van der Waals surface area contributed by atoms with E-state index < -0.39 is 0 Å². The van der Waals surface area contributed by atoms with Gasteiger partial charge < -0.3 is 9.84 Å². The third-order valence-corrected chi connectivity index (χ3v) is 3.35. The van der Waals surface area contributed by atoms with E-state index >= 15 is 0 Å². The molecule has 0 amide bonds. The summed E-state index contributed by atoms with van der Waals surface area (Å²) in [6.45, 7) is 4.51. The van der Waals surface area contributed by atoms with Crippen LogP contribution in [0.5, 0.6) is 0 Å². The molecule has 1 fully saturated rings. The topological polar surface area (TPSA) is 32.7 Å². The summed E-state index contributed by atoms with van der Waals surface area (Å²) in [5, 5.41) is 9.90. The summed E-state index contributed by atoms with van der Waals surface area (Å²) in [6, 6.07) is 8.27. The van der Waals surface area contributed by atoms with Crippen molar-refractivity contribution < 1.29 is 9.84 Å². The minimum absolute atomic E-state index is 0.0645. The molecule has 1 aliphatic rings. The molecule has 0 aliphatic carbocycles. The van der Waals surface area contributed by atoms with Gasteiger partial charge in [-0.2, -0.15) is 0 Å². The number of ether oxygens (including phenoxy) is 1. The lowest BCUT2D eigenvalue weighted by molar-refractivity contribution is -0.0805. The first-order valence-electron chi connectivity index (χ1n) is 5.90. The van der Waals surface area contributed by atoms with Crippen LogP contribution in [0.4, 0.5) is 0 Å². The van der Waals surface area contributed by atoms with Gasteiger partial charge in [-0.15, -0.1) is 0 Å². The van der Waals surface area contributed by atoms with E-state index in [-0.39, 0.29) is 12.7 Å². The zero-order chi connectivity index (χ0) is 12.3. The van der Waals surface area contributed by atoms with Gasteiger partial charge in [0, 0.05) is 24.2 Å². The highest BCUT2D eigenvalue weighted by Crippen LogP contribution is 2.17. The number of aliphatic hydroxyl groups is 1. The lowest BCUT2D eigenvalue weighted by Crippen LogP contribution is -2.48. The molecule has 0 aromatic heterocycles. The fraction of sp³-hybridized carbons (Fsp3) is 0.538. The van der Waals surface area contributed by atoms with Crippen molar-refractivity contribution in [2.24, 2.45) is 0 Å². The van der Waals surface area contributed by atoms with Crippen molar-refractivity contribution in [2.75, 3.05) is 19.8 Å². The second kappa shape index (κ2) is 5.83. The Balaban J connectivity index is 2.01. The number of hydrogen-bond acceptors (Lipinski definition) is 3. The molecule has 2 atom stereocenters. The van der Waals surface area contributed by atoms with Crippen LogP contribution in [0.2, 0.25) is 5.02 Å². The van der Waals surface area contributed by atoms with Crippen molar-refractivity contribution in [3.05, 3.63) is 34.9 Å². The fourth-order valence-corrected chi connectivity index (χ4v) is 2.29. The van der Waals surface area contributed by atoms with Crippen LogP contribution in [-0.2, 0) is 11.3 Å². The average Bonchev–Trinajstić information content (AvgIpc) is 2.32. The quantitative estimate of drug-likeness (QED) is 0.896. The van der Waals surface area contributed by atoms with E-state index in [4.69, 9.17) is 21.4 Å². The van der Waals surface area contributed by atoms with E-state index in [1.54, 1.807) is 0 Å². The van der Waals surface area contributed by atoms with Crippen LogP contribution in [0, 0.1) is 0 Å². The molecule has 1 aliphatic heterocycles. The normalized spacial score (nSPS) is 26.1. The minimum Gasteiger partial charge on any atom is -0.394 e. The molecule has 0 spiro atoms. The first-order valence-corrected chi connectivity index (χ1v) is 6.28. The fourth-order valence-electron chi connectivity index (χ4n) is 2.08. The standard InChI is InChI=1S/C13H18ClNO2/c1-10-9-17-13(8-16)7-15(10)6-11-3-2-4-12(14)5-11/h2-5,10,13,16H,6-9H2,1H3. The summed E-state index contributed by atoms with van der Waals surface area (Å²) in [7, 11) is 0. The molecule has 4 heteroatoms. The van der Waals surface area contributed by atoms with E-state index in [9.17, 15) is 0 Å². The average molecular weight is 256 g/mol. The lowest BCUT2D eigenvalue weighted by Gasteiger charge is -2.37. The van der Waals surface area contributed by atoms with Gasteiger partial charge in [-0.3, -0.25) is 4.90 Å². The Bertz CT molecular complexity index is 372. The molecule has 3 nitrogen and oxygen atoms in total. The number of nitrogens with zero attached hydrogens (tertiary/aromatic N) is 1. The van der Waals surface area contributed by atoms with Crippen LogP contribution in [0.3, 0.4) is 0 Å². The monoisotopic (exact) mass is 255 g/mol. The summed E-state index contributed by atoms with van der Waals surface area (Å²) >= 11 is 5.97. The summed E-state index contributed by atoms with van der Waals surface area (Å²) < 4.78 is 5.51. The first kappa shape index (κ1) is 12.8. The van der Waals surface area contributed by atoms with Gasteiger partial charge in [0.2, 0.25) is 0 Å². The van der Waals surface area contributed by atoms with Gasteiger partial charge in [0.15, 0.2) is 0 Å². The van der Waals surface area contributed by atoms with Gasteiger partial charge in [0.1, 0.15) is 0 Å². The number of halogens is 1. The molecule has 94 valence electrons. The number of morpholine rings is 1. The van der Waals surface area contributed by atoms with Crippen LogP contribution < -0.4 is 0 Å². The van der Waals surface area contributed by atoms with Crippen molar-refractivity contribution in [1.82, 2.24) is 4.90 Å². The highest BCUT2D eigenvalue weighted by molar-refractivity contribution is 6.30. The Morgan fingerprint density at radius 2 is 2.35 bits per heavy atom. The number of benzene rings is 1. The predicted octanol–water partition coefficient (Wildman–Crippen LogP) is 1.92. The van der Waals surface area contributed by atoms with Crippen molar-refractivity contribution in [1.29, 1.82) is 0 Å². The molecule has 1 N–H and O–H groups in total. The largest absolute Gasteiger partial charge is 0.394 e. The Morgan fingerprint density at radius 1 is 1.53 bits per heavy atom. The number of rotatable bonds is 3. The molecule has 1 aromatic rings. The summed E-state index contributed by atoms with van der Waals surface area (Å²) in [5.74, 6) is 0. The molecule has 1 aromatic carbocycles. The van der Waals surface area contributed by atoms with Crippen molar-refractivity contribution in [3.63, 3.8) is 0 Å². The van der Waals surface area contributed by atoms with Crippen LogP contribution in [0.15, 0.2) is 24.3 Å².